The summed E-state index contributed by atoms with van der Waals surface area (Å²) in [5.74, 6) is -1.10. The largest absolute Gasteiger partial charge is 0.280 e. The number of aromatic nitrogens is 1. The van der Waals surface area contributed by atoms with E-state index in [-0.39, 0.29) is 17.5 Å². The van der Waals surface area contributed by atoms with Gasteiger partial charge in [-0.1, -0.05) is 29.5 Å². The van der Waals surface area contributed by atoms with Crippen LogP contribution in [0.25, 0.3) is 10.2 Å². The van der Waals surface area contributed by atoms with E-state index in [1.54, 1.807) is 30.3 Å². The second-order valence-electron chi connectivity index (χ2n) is 6.82. The van der Waals surface area contributed by atoms with Crippen LogP contribution in [0.15, 0.2) is 65.8 Å². The lowest BCUT2D eigenvalue weighted by Gasteiger charge is -2.14. The van der Waals surface area contributed by atoms with Crippen LogP contribution in [0.3, 0.4) is 0 Å². The highest BCUT2D eigenvalue weighted by Gasteiger charge is 2.21. The van der Waals surface area contributed by atoms with E-state index in [9.17, 15) is 13.6 Å². The first-order valence-electron chi connectivity index (χ1n) is 9.18. The molecule has 1 aromatic heterocycles. The van der Waals surface area contributed by atoms with Crippen molar-refractivity contribution in [3.05, 3.63) is 94.6 Å². The van der Waals surface area contributed by atoms with Crippen LogP contribution in [0.2, 0.25) is 0 Å². The summed E-state index contributed by atoms with van der Waals surface area (Å²) in [4.78, 5) is 17.7. The first kappa shape index (κ1) is 19.8. The first-order valence-corrected chi connectivity index (χ1v) is 10.00. The van der Waals surface area contributed by atoms with E-state index in [4.69, 9.17) is 0 Å². The van der Waals surface area contributed by atoms with Crippen molar-refractivity contribution < 1.29 is 13.6 Å². The molecule has 0 saturated carbocycles. The van der Waals surface area contributed by atoms with Crippen molar-refractivity contribution in [1.82, 2.24) is 4.98 Å². The Kier molecular flexibility index (Phi) is 5.37. The van der Waals surface area contributed by atoms with Gasteiger partial charge in [-0.2, -0.15) is 10.1 Å². The van der Waals surface area contributed by atoms with Crippen molar-refractivity contribution in [1.29, 1.82) is 0 Å². The average Bonchev–Trinajstić information content (AvgIpc) is 3.14. The van der Waals surface area contributed by atoms with Gasteiger partial charge < -0.3 is 0 Å². The summed E-state index contributed by atoms with van der Waals surface area (Å²) in [6, 6.07) is 15.4. The Morgan fingerprint density at radius 3 is 2.43 bits per heavy atom. The molecule has 0 bridgehead atoms. The third kappa shape index (κ3) is 4.11. The van der Waals surface area contributed by atoms with E-state index in [1.807, 2.05) is 19.9 Å². The third-order valence-electron chi connectivity index (χ3n) is 4.66. The zero-order valence-electron chi connectivity index (χ0n) is 16.3. The van der Waals surface area contributed by atoms with Gasteiger partial charge in [0.05, 0.1) is 16.4 Å². The monoisotopic (exact) mass is 421 g/mol. The van der Waals surface area contributed by atoms with Gasteiger partial charge in [0.2, 0.25) is 5.13 Å². The van der Waals surface area contributed by atoms with E-state index in [0.717, 1.165) is 11.1 Å². The van der Waals surface area contributed by atoms with E-state index in [2.05, 4.69) is 10.1 Å². The molecule has 0 fully saturated rings. The molecule has 30 heavy (non-hydrogen) atoms. The number of rotatable bonds is 4. The molecule has 7 heteroatoms. The molecular weight excluding hydrogens is 404 g/mol. The van der Waals surface area contributed by atoms with Crippen LogP contribution >= 0.6 is 11.3 Å². The smallest absolute Gasteiger partial charge is 0.267 e. The summed E-state index contributed by atoms with van der Waals surface area (Å²) in [5.41, 5.74) is 3.71. The molecule has 0 aliphatic heterocycles. The topological polar surface area (TPSA) is 45.6 Å². The van der Waals surface area contributed by atoms with E-state index < -0.39 is 0 Å². The Morgan fingerprint density at radius 1 is 0.967 bits per heavy atom. The van der Waals surface area contributed by atoms with Crippen LogP contribution in [0.1, 0.15) is 27.0 Å². The lowest BCUT2D eigenvalue weighted by atomic mass is 10.1. The molecule has 0 saturated heterocycles. The number of hydrazone groups is 1. The maximum absolute atomic E-state index is 13.6. The minimum Gasteiger partial charge on any atom is -0.267 e. The summed E-state index contributed by atoms with van der Waals surface area (Å²) in [6.07, 6.45) is 1.46. The number of hydrogen-bond acceptors (Lipinski definition) is 4. The van der Waals surface area contributed by atoms with Crippen LogP contribution in [-0.2, 0) is 0 Å². The summed E-state index contributed by atoms with van der Waals surface area (Å²) in [7, 11) is 0. The zero-order chi connectivity index (χ0) is 21.3. The molecule has 0 aliphatic carbocycles. The van der Waals surface area contributed by atoms with Gasteiger partial charge in [0.25, 0.3) is 5.91 Å². The lowest BCUT2D eigenvalue weighted by Crippen LogP contribution is -2.25. The van der Waals surface area contributed by atoms with Gasteiger partial charge >= 0.3 is 0 Å². The Bertz CT molecular complexity index is 1270. The number of thiazole rings is 1. The molecule has 1 amide bonds. The van der Waals surface area contributed by atoms with Crippen molar-refractivity contribution in [2.24, 2.45) is 5.10 Å². The maximum Gasteiger partial charge on any atom is 0.280 e. The quantitative estimate of drug-likeness (QED) is 0.305. The Balaban J connectivity index is 1.77. The highest BCUT2D eigenvalue weighted by atomic mass is 32.1. The van der Waals surface area contributed by atoms with Crippen molar-refractivity contribution in [3.8, 4) is 0 Å². The van der Waals surface area contributed by atoms with Crippen LogP contribution in [0.4, 0.5) is 13.9 Å². The van der Waals surface area contributed by atoms with Crippen molar-refractivity contribution in [2.75, 3.05) is 5.01 Å². The number of nitrogens with zero attached hydrogens (tertiary/aromatic N) is 3. The molecule has 0 aliphatic rings. The van der Waals surface area contributed by atoms with Gasteiger partial charge in [-0.3, -0.25) is 4.79 Å². The number of carbonyl (C=O) groups excluding carboxylic acids is 1. The Morgan fingerprint density at radius 2 is 1.70 bits per heavy atom. The van der Waals surface area contributed by atoms with Crippen molar-refractivity contribution in [3.63, 3.8) is 0 Å². The van der Waals surface area contributed by atoms with Crippen molar-refractivity contribution in [2.45, 2.75) is 13.8 Å². The van der Waals surface area contributed by atoms with Crippen LogP contribution < -0.4 is 5.01 Å². The average molecular weight is 421 g/mol. The number of hydrogen-bond donors (Lipinski definition) is 0. The Hall–Kier alpha value is -3.45. The van der Waals surface area contributed by atoms with E-state index in [1.165, 1.54) is 46.8 Å². The number of halogens is 2. The molecule has 4 nitrogen and oxygen atoms in total. The fourth-order valence-electron chi connectivity index (χ4n) is 2.84. The first-order chi connectivity index (χ1) is 14.4. The number of fused-ring (bicyclic) bond motifs is 1. The number of amides is 1. The second kappa shape index (κ2) is 8.12. The van der Waals surface area contributed by atoms with Gasteiger partial charge in [-0.05, 0) is 73.0 Å². The molecule has 1 heterocycles. The Labute approximate surface area is 176 Å². The summed E-state index contributed by atoms with van der Waals surface area (Å²) in [6.45, 7) is 3.90. The molecule has 0 unspecified atom stereocenters. The fraction of sp³-hybridized carbons (Fsp3) is 0.0870. The van der Waals surface area contributed by atoms with E-state index >= 15 is 0 Å². The molecule has 3 aromatic carbocycles. The van der Waals surface area contributed by atoms with Crippen molar-refractivity contribution >= 4 is 38.8 Å². The van der Waals surface area contributed by atoms with Crippen LogP contribution in [0.5, 0.6) is 0 Å². The summed E-state index contributed by atoms with van der Waals surface area (Å²) < 4.78 is 27.4. The number of aryl methyl sites for hydroxylation is 2. The molecule has 4 aromatic rings. The third-order valence-corrected chi connectivity index (χ3v) is 5.65. The molecule has 0 radical (unpaired) electrons. The highest BCUT2D eigenvalue weighted by Crippen LogP contribution is 2.30. The SMILES string of the molecule is Cc1ccc(C(=O)N(/N=C/c2ccc(F)cc2)c2nc3ccc(F)cc3s2)cc1C. The number of carbonyl (C=O) groups is 1. The summed E-state index contributed by atoms with van der Waals surface area (Å²) >= 11 is 1.17. The normalized spacial score (nSPS) is 11.3. The predicted octanol–water partition coefficient (Wildman–Crippen LogP) is 5.87. The molecule has 0 spiro atoms. The van der Waals surface area contributed by atoms with Crippen LogP contribution in [0, 0.1) is 25.5 Å². The van der Waals surface area contributed by atoms with Gasteiger partial charge in [0, 0.05) is 5.56 Å². The second-order valence-corrected chi connectivity index (χ2v) is 7.83. The minimum absolute atomic E-state index is 0.317. The van der Waals surface area contributed by atoms with Gasteiger partial charge in [0.1, 0.15) is 11.6 Å². The molecule has 150 valence electrons. The standard InChI is InChI=1S/C23H17F2N3OS/c1-14-3-6-17(11-15(14)2)22(29)28(26-13-16-4-7-18(24)8-5-16)23-27-20-10-9-19(25)12-21(20)30-23/h3-13H,1-2H3/b26-13+. The lowest BCUT2D eigenvalue weighted by molar-refractivity contribution is 0.0987. The van der Waals surface area contributed by atoms with Crippen LogP contribution in [-0.4, -0.2) is 17.1 Å². The van der Waals surface area contributed by atoms with E-state index in [0.29, 0.717) is 26.5 Å². The number of anilines is 1. The van der Waals surface area contributed by atoms with Gasteiger partial charge in [-0.15, -0.1) is 0 Å². The molecule has 0 atom stereocenters. The fourth-order valence-corrected chi connectivity index (χ4v) is 3.78. The summed E-state index contributed by atoms with van der Waals surface area (Å²) in [5, 5.41) is 5.84. The van der Waals surface area contributed by atoms with Gasteiger partial charge in [0.15, 0.2) is 0 Å². The highest BCUT2D eigenvalue weighted by molar-refractivity contribution is 7.22. The van der Waals surface area contributed by atoms with Gasteiger partial charge in [-0.25, -0.2) is 13.8 Å². The minimum atomic E-state index is -0.375. The predicted molar refractivity (Wildman–Crippen MR) is 116 cm³/mol. The maximum atomic E-state index is 13.6. The molecule has 0 N–H and O–H groups in total. The molecule has 4 rings (SSSR count). The molecular formula is C23H17F2N3OS. The zero-order valence-corrected chi connectivity index (χ0v) is 17.1. The number of benzene rings is 3.